The molecule has 316 valence electrons. The van der Waals surface area contributed by atoms with Crippen LogP contribution in [0.5, 0.6) is 11.5 Å². The molecule has 0 unspecified atom stereocenters. The highest BCUT2D eigenvalue weighted by Gasteiger charge is 2.22. The van der Waals surface area contributed by atoms with Crippen molar-refractivity contribution in [1.29, 1.82) is 0 Å². The van der Waals surface area contributed by atoms with E-state index in [1.165, 1.54) is 54.5 Å². The van der Waals surface area contributed by atoms with Crippen molar-refractivity contribution in [3.8, 4) is 11.5 Å². The first-order valence-corrected chi connectivity index (χ1v) is 21.7. The summed E-state index contributed by atoms with van der Waals surface area (Å²) < 4.78 is 89.3. The third kappa shape index (κ3) is 10.2. The van der Waals surface area contributed by atoms with Gasteiger partial charge in [0.1, 0.15) is 28.3 Å². The molecule has 0 aliphatic rings. The van der Waals surface area contributed by atoms with E-state index in [4.69, 9.17) is 26.8 Å². The van der Waals surface area contributed by atoms with Crippen molar-refractivity contribution in [2.45, 2.75) is 43.0 Å². The summed E-state index contributed by atoms with van der Waals surface area (Å²) in [5, 5.41) is 9.19. The normalized spacial score (nSPS) is 11.4. The fraction of sp³-hybridized carbons (Fsp3) is 0.163. The minimum atomic E-state index is -3.95. The largest absolute Gasteiger partial charge is 0.496 e. The third-order valence-electron chi connectivity index (χ3n) is 9.30. The van der Waals surface area contributed by atoms with Gasteiger partial charge in [-0.2, -0.15) is 35.2 Å². The van der Waals surface area contributed by atoms with Crippen molar-refractivity contribution < 1.29 is 35.1 Å². The van der Waals surface area contributed by atoms with Gasteiger partial charge in [0.15, 0.2) is 0 Å². The Balaban J connectivity index is 0.000000172. The SMILES string of the molecule is COc1cc(C)ccc1CCc1cc2c(cn1)cnn2S(=O)(=O)c1ccc(F)cc1.COc1cc(C)ccc1CN.O=S(=O)(c1ccc(F)cc1)n1ncc2cnc(Cl)cc21. The van der Waals surface area contributed by atoms with E-state index in [0.717, 1.165) is 66.3 Å². The van der Waals surface area contributed by atoms with Crippen LogP contribution < -0.4 is 15.2 Å². The molecule has 4 aromatic heterocycles. The number of ether oxygens (including phenoxy) is 2. The van der Waals surface area contributed by atoms with E-state index < -0.39 is 31.7 Å². The Morgan fingerprint density at radius 3 is 1.56 bits per heavy atom. The van der Waals surface area contributed by atoms with E-state index in [1.807, 2.05) is 50.2 Å². The fourth-order valence-corrected chi connectivity index (χ4v) is 8.77. The minimum Gasteiger partial charge on any atom is -0.496 e. The molecule has 2 N–H and O–H groups in total. The maximum Gasteiger partial charge on any atom is 0.283 e. The van der Waals surface area contributed by atoms with Crippen LogP contribution in [-0.2, 0) is 39.4 Å². The Kier molecular flexibility index (Phi) is 13.8. The molecule has 18 heteroatoms. The van der Waals surface area contributed by atoms with Gasteiger partial charge in [0.25, 0.3) is 20.0 Å². The summed E-state index contributed by atoms with van der Waals surface area (Å²) >= 11 is 5.77. The Morgan fingerprint density at radius 2 is 1.07 bits per heavy atom. The van der Waals surface area contributed by atoms with Gasteiger partial charge in [-0.05, 0) is 110 Å². The number of methoxy groups -OCH3 is 2. The van der Waals surface area contributed by atoms with Crippen LogP contribution in [0.1, 0.15) is 27.9 Å². The van der Waals surface area contributed by atoms with Crippen LogP contribution in [-0.4, -0.2) is 59.4 Å². The number of rotatable bonds is 10. The van der Waals surface area contributed by atoms with E-state index in [0.29, 0.717) is 41.2 Å². The number of halogens is 3. The number of hydrogen-bond donors (Lipinski definition) is 1. The van der Waals surface area contributed by atoms with Gasteiger partial charge in [0, 0.05) is 47.0 Å². The van der Waals surface area contributed by atoms with Crippen molar-refractivity contribution in [3.05, 3.63) is 167 Å². The Labute approximate surface area is 356 Å². The van der Waals surface area contributed by atoms with Crippen LogP contribution in [0.4, 0.5) is 8.78 Å². The van der Waals surface area contributed by atoms with E-state index in [-0.39, 0.29) is 14.9 Å². The second-order valence-corrected chi connectivity index (χ2v) is 17.5. The van der Waals surface area contributed by atoms with Crippen molar-refractivity contribution in [2.75, 3.05) is 14.2 Å². The summed E-state index contributed by atoms with van der Waals surface area (Å²) in [6, 6.07) is 24.4. The average Bonchev–Trinajstić information content (AvgIpc) is 3.89. The molecular formula is C43H40ClF2N7O6S2. The van der Waals surface area contributed by atoms with Crippen molar-refractivity contribution in [3.63, 3.8) is 0 Å². The van der Waals surface area contributed by atoms with Crippen LogP contribution >= 0.6 is 11.6 Å². The lowest BCUT2D eigenvalue weighted by molar-refractivity contribution is 0.409. The molecule has 61 heavy (non-hydrogen) atoms. The first-order chi connectivity index (χ1) is 29.1. The number of fused-ring (bicyclic) bond motifs is 2. The molecule has 0 atom stereocenters. The maximum absolute atomic E-state index is 13.2. The smallest absolute Gasteiger partial charge is 0.283 e. The van der Waals surface area contributed by atoms with Gasteiger partial charge in [-0.3, -0.25) is 4.98 Å². The molecular weight excluding hydrogens is 848 g/mol. The maximum atomic E-state index is 13.2. The Morgan fingerprint density at radius 1 is 0.607 bits per heavy atom. The van der Waals surface area contributed by atoms with Gasteiger partial charge < -0.3 is 15.2 Å². The number of aryl methyl sites for hydroxylation is 4. The van der Waals surface area contributed by atoms with Crippen molar-refractivity contribution in [2.24, 2.45) is 5.73 Å². The monoisotopic (exact) mass is 887 g/mol. The lowest BCUT2D eigenvalue weighted by Gasteiger charge is -2.10. The first kappa shape index (κ1) is 44.3. The van der Waals surface area contributed by atoms with Gasteiger partial charge >= 0.3 is 0 Å². The highest BCUT2D eigenvalue weighted by Crippen LogP contribution is 2.25. The van der Waals surface area contributed by atoms with Crippen LogP contribution in [0.15, 0.2) is 132 Å². The summed E-state index contributed by atoms with van der Waals surface area (Å²) in [6.07, 6.45) is 7.18. The molecule has 13 nitrogen and oxygen atoms in total. The molecule has 0 fully saturated rings. The fourth-order valence-electron chi connectivity index (χ4n) is 6.09. The second-order valence-electron chi connectivity index (χ2n) is 13.5. The van der Waals surface area contributed by atoms with Crippen LogP contribution in [0.2, 0.25) is 5.15 Å². The lowest BCUT2D eigenvalue weighted by Crippen LogP contribution is -2.14. The number of benzene rings is 4. The Bertz CT molecular complexity index is 3040. The lowest BCUT2D eigenvalue weighted by atomic mass is 10.0. The van der Waals surface area contributed by atoms with Gasteiger partial charge in [-0.15, -0.1) is 0 Å². The zero-order valence-corrected chi connectivity index (χ0v) is 35.7. The molecule has 4 heterocycles. The quantitative estimate of drug-likeness (QED) is 0.133. The highest BCUT2D eigenvalue weighted by atomic mass is 35.5. The third-order valence-corrected chi connectivity index (χ3v) is 12.7. The molecule has 0 saturated heterocycles. The van der Waals surface area contributed by atoms with Gasteiger partial charge in [0.2, 0.25) is 0 Å². The number of nitrogens with two attached hydrogens (primary N) is 1. The van der Waals surface area contributed by atoms with Crippen LogP contribution in [0.3, 0.4) is 0 Å². The number of pyridine rings is 2. The van der Waals surface area contributed by atoms with Crippen LogP contribution in [0.25, 0.3) is 21.8 Å². The molecule has 0 aliphatic carbocycles. The molecule has 0 aliphatic heterocycles. The van der Waals surface area contributed by atoms with Gasteiger partial charge in [-0.25, -0.2) is 13.8 Å². The summed E-state index contributed by atoms with van der Waals surface area (Å²) in [5.74, 6) is 0.686. The van der Waals surface area contributed by atoms with Gasteiger partial charge in [-0.1, -0.05) is 35.9 Å². The topological polar surface area (TPSA) is 174 Å². The van der Waals surface area contributed by atoms with Crippen molar-refractivity contribution in [1.82, 2.24) is 28.3 Å². The Hall–Kier alpha value is -6.27. The zero-order valence-electron chi connectivity index (χ0n) is 33.3. The average molecular weight is 888 g/mol. The zero-order chi connectivity index (χ0) is 43.9. The minimum absolute atomic E-state index is 0.0309. The standard InChI is InChI=1S/C22H20FN3O3S.C12H7ClFN3O2S.C9H13NO/c1-15-3-4-16(22(11-15)29-2)5-8-19-12-21-17(13-24-19)14-25-26(21)30(27,28)20-9-6-18(23)7-10-20;13-12-5-11-8(6-15-12)7-16-17(11)20(18,19)10-3-1-9(14)2-4-10;1-7-3-4-8(6-10)9(5-7)11-2/h3-4,6-7,9-14H,5,8H2,1-2H3;1-7H;3-5H,6,10H2,1-2H3. The summed E-state index contributed by atoms with van der Waals surface area (Å²) in [5.41, 5.74) is 11.4. The summed E-state index contributed by atoms with van der Waals surface area (Å²) in [4.78, 5) is 8.20. The van der Waals surface area contributed by atoms with Crippen molar-refractivity contribution >= 4 is 53.5 Å². The molecule has 0 spiro atoms. The number of nitrogens with zero attached hydrogens (tertiary/aromatic N) is 6. The second kappa shape index (κ2) is 19.0. The molecule has 8 rings (SSSR count). The summed E-state index contributed by atoms with van der Waals surface area (Å²) in [6.45, 7) is 4.57. The first-order valence-electron chi connectivity index (χ1n) is 18.5. The van der Waals surface area contributed by atoms with Gasteiger partial charge in [0.05, 0.1) is 47.4 Å². The molecule has 4 aromatic carbocycles. The molecule has 0 bridgehead atoms. The highest BCUT2D eigenvalue weighted by molar-refractivity contribution is 7.90. The number of aromatic nitrogens is 6. The van der Waals surface area contributed by atoms with E-state index in [9.17, 15) is 25.6 Å². The molecule has 0 radical (unpaired) electrons. The van der Waals surface area contributed by atoms with Crippen LogP contribution in [0, 0.1) is 25.5 Å². The molecule has 0 saturated carbocycles. The molecule has 8 aromatic rings. The summed E-state index contributed by atoms with van der Waals surface area (Å²) in [7, 11) is -4.55. The molecule has 0 amide bonds. The predicted octanol–water partition coefficient (Wildman–Crippen LogP) is 7.83. The van der Waals surface area contributed by atoms with E-state index >= 15 is 0 Å². The predicted molar refractivity (Wildman–Crippen MR) is 229 cm³/mol. The number of hydrogen-bond acceptors (Lipinski definition) is 11. The van der Waals surface area contributed by atoms with E-state index in [2.05, 4.69) is 20.2 Å². The van der Waals surface area contributed by atoms with E-state index in [1.54, 1.807) is 26.5 Å².